The van der Waals surface area contributed by atoms with Crippen LogP contribution in [0.4, 0.5) is 11.4 Å². The van der Waals surface area contributed by atoms with Crippen LogP contribution in [-0.4, -0.2) is 26.6 Å². The van der Waals surface area contributed by atoms with E-state index in [2.05, 4.69) is 12.2 Å². The van der Waals surface area contributed by atoms with E-state index in [9.17, 15) is 13.2 Å². The lowest BCUT2D eigenvalue weighted by Crippen LogP contribution is -2.47. The number of carbonyl (C=O) groups excluding carboxylic acids is 1. The number of benzene rings is 2. The molecule has 0 heterocycles. The molecule has 0 aliphatic carbocycles. The molecule has 0 saturated carbocycles. The molecule has 0 aliphatic heterocycles. The fourth-order valence-corrected chi connectivity index (χ4v) is 4.61. The van der Waals surface area contributed by atoms with Gasteiger partial charge in [0, 0.05) is 5.69 Å². The molecule has 158 valence electrons. The Hall–Kier alpha value is -2.34. The molecule has 0 fully saturated rings. The SMILES string of the molecule is CCCCc1ccc(NC(=O)[C@H](CC)N(c2cc(C)ccc2C)S(C)(=O)=O)cc1. The highest BCUT2D eigenvalue weighted by Gasteiger charge is 2.32. The zero-order valence-electron chi connectivity index (χ0n) is 18.0. The van der Waals surface area contributed by atoms with E-state index >= 15 is 0 Å². The maximum absolute atomic E-state index is 13.0. The summed E-state index contributed by atoms with van der Waals surface area (Å²) in [6, 6.07) is 12.6. The van der Waals surface area contributed by atoms with E-state index in [0.29, 0.717) is 17.8 Å². The predicted molar refractivity (Wildman–Crippen MR) is 121 cm³/mol. The Morgan fingerprint density at radius 1 is 1.07 bits per heavy atom. The summed E-state index contributed by atoms with van der Waals surface area (Å²) in [6.45, 7) is 7.74. The number of nitrogens with one attached hydrogen (secondary N) is 1. The number of aryl methyl sites for hydroxylation is 3. The van der Waals surface area contributed by atoms with Crippen LogP contribution in [0.1, 0.15) is 49.8 Å². The number of hydrogen-bond donors (Lipinski definition) is 1. The molecule has 5 nitrogen and oxygen atoms in total. The standard InChI is InChI=1S/C23H32N2O3S/c1-6-8-9-19-12-14-20(15-13-19)24-23(26)21(7-2)25(29(5,27)28)22-16-17(3)10-11-18(22)4/h10-16,21H,6-9H2,1-5H3,(H,24,26)/t21-/m0/s1. The number of amides is 1. The number of anilines is 2. The molecule has 0 unspecified atom stereocenters. The van der Waals surface area contributed by atoms with Crippen LogP contribution in [0.15, 0.2) is 42.5 Å². The van der Waals surface area contributed by atoms with Crippen LogP contribution in [-0.2, 0) is 21.2 Å². The number of carbonyl (C=O) groups is 1. The van der Waals surface area contributed by atoms with Gasteiger partial charge in [0.15, 0.2) is 0 Å². The average Bonchev–Trinajstić information content (AvgIpc) is 2.66. The second kappa shape index (κ2) is 9.92. The van der Waals surface area contributed by atoms with Crippen LogP contribution in [0.5, 0.6) is 0 Å². The fraction of sp³-hybridized carbons (Fsp3) is 0.435. The molecule has 1 atom stereocenters. The summed E-state index contributed by atoms with van der Waals surface area (Å²) in [5, 5.41) is 2.89. The topological polar surface area (TPSA) is 66.5 Å². The van der Waals surface area contributed by atoms with Crippen molar-refractivity contribution in [1.29, 1.82) is 0 Å². The van der Waals surface area contributed by atoms with Gasteiger partial charge in [0.05, 0.1) is 11.9 Å². The quantitative estimate of drug-likeness (QED) is 0.637. The summed E-state index contributed by atoms with van der Waals surface area (Å²) in [5.74, 6) is -0.333. The van der Waals surface area contributed by atoms with Crippen molar-refractivity contribution in [2.45, 2.75) is 59.4 Å². The normalized spacial score (nSPS) is 12.4. The van der Waals surface area contributed by atoms with Crippen molar-refractivity contribution in [1.82, 2.24) is 0 Å². The van der Waals surface area contributed by atoms with E-state index in [0.717, 1.165) is 36.6 Å². The highest BCUT2D eigenvalue weighted by Crippen LogP contribution is 2.28. The van der Waals surface area contributed by atoms with Crippen molar-refractivity contribution in [3.63, 3.8) is 0 Å². The zero-order chi connectivity index (χ0) is 21.6. The lowest BCUT2D eigenvalue weighted by Gasteiger charge is -2.31. The fourth-order valence-electron chi connectivity index (χ4n) is 3.35. The molecule has 29 heavy (non-hydrogen) atoms. The van der Waals surface area contributed by atoms with Crippen LogP contribution < -0.4 is 9.62 Å². The van der Waals surface area contributed by atoms with Crippen LogP contribution in [0.2, 0.25) is 0 Å². The highest BCUT2D eigenvalue weighted by atomic mass is 32.2. The van der Waals surface area contributed by atoms with Gasteiger partial charge in [0.1, 0.15) is 6.04 Å². The van der Waals surface area contributed by atoms with Gasteiger partial charge in [-0.2, -0.15) is 0 Å². The summed E-state index contributed by atoms with van der Waals surface area (Å²) >= 11 is 0. The molecule has 0 aliphatic rings. The van der Waals surface area contributed by atoms with Gasteiger partial charge in [-0.05, 0) is 68.0 Å². The first-order chi connectivity index (χ1) is 13.7. The minimum atomic E-state index is -3.65. The van der Waals surface area contributed by atoms with Crippen LogP contribution in [0, 0.1) is 13.8 Å². The van der Waals surface area contributed by atoms with Crippen molar-refractivity contribution in [2.24, 2.45) is 0 Å². The van der Waals surface area contributed by atoms with E-state index in [1.165, 1.54) is 9.87 Å². The maximum atomic E-state index is 13.0. The first-order valence-corrected chi connectivity index (χ1v) is 12.0. The number of nitrogens with zero attached hydrogens (tertiary/aromatic N) is 1. The molecule has 0 bridgehead atoms. The van der Waals surface area contributed by atoms with Gasteiger partial charge in [-0.1, -0.05) is 44.5 Å². The van der Waals surface area contributed by atoms with E-state index < -0.39 is 16.1 Å². The van der Waals surface area contributed by atoms with E-state index in [-0.39, 0.29) is 5.91 Å². The van der Waals surface area contributed by atoms with Gasteiger partial charge in [-0.3, -0.25) is 9.10 Å². The minimum Gasteiger partial charge on any atom is -0.324 e. The molecule has 2 rings (SSSR count). The molecular weight excluding hydrogens is 384 g/mol. The molecule has 0 saturated heterocycles. The number of unbranched alkanes of at least 4 members (excludes halogenated alkanes) is 1. The molecule has 0 radical (unpaired) electrons. The number of rotatable bonds is 9. The van der Waals surface area contributed by atoms with Gasteiger partial charge < -0.3 is 5.32 Å². The third-order valence-corrected chi connectivity index (χ3v) is 6.14. The molecule has 0 spiro atoms. The van der Waals surface area contributed by atoms with Gasteiger partial charge in [-0.25, -0.2) is 8.42 Å². The van der Waals surface area contributed by atoms with Crippen LogP contribution in [0.3, 0.4) is 0 Å². The van der Waals surface area contributed by atoms with Gasteiger partial charge >= 0.3 is 0 Å². The third-order valence-electron chi connectivity index (χ3n) is 4.97. The highest BCUT2D eigenvalue weighted by molar-refractivity contribution is 7.92. The third kappa shape index (κ3) is 6.07. The molecule has 1 amide bonds. The Bertz CT molecular complexity index is 937. The largest absolute Gasteiger partial charge is 0.324 e. The maximum Gasteiger partial charge on any atom is 0.248 e. The number of sulfonamides is 1. The second-order valence-corrected chi connectivity index (χ2v) is 9.42. The van der Waals surface area contributed by atoms with Crippen LogP contribution in [0.25, 0.3) is 0 Å². The molecule has 2 aromatic carbocycles. The first kappa shape index (κ1) is 22.9. The average molecular weight is 417 g/mol. The number of hydrogen-bond acceptors (Lipinski definition) is 3. The molecule has 2 aromatic rings. The smallest absolute Gasteiger partial charge is 0.248 e. The Morgan fingerprint density at radius 2 is 1.72 bits per heavy atom. The van der Waals surface area contributed by atoms with Crippen molar-refractivity contribution >= 4 is 27.3 Å². The van der Waals surface area contributed by atoms with E-state index in [4.69, 9.17) is 0 Å². The molecular formula is C23H32N2O3S. The summed E-state index contributed by atoms with van der Waals surface area (Å²) < 4.78 is 26.5. The summed E-state index contributed by atoms with van der Waals surface area (Å²) in [4.78, 5) is 13.0. The lowest BCUT2D eigenvalue weighted by atomic mass is 10.1. The Balaban J connectivity index is 2.30. The van der Waals surface area contributed by atoms with E-state index in [1.54, 1.807) is 0 Å². The molecule has 1 N–H and O–H groups in total. The first-order valence-electron chi connectivity index (χ1n) is 10.1. The summed E-state index contributed by atoms with van der Waals surface area (Å²) in [7, 11) is -3.65. The van der Waals surface area contributed by atoms with Gasteiger partial charge in [-0.15, -0.1) is 0 Å². The minimum absolute atomic E-state index is 0.333. The van der Waals surface area contributed by atoms with Crippen molar-refractivity contribution in [3.05, 3.63) is 59.2 Å². The van der Waals surface area contributed by atoms with Gasteiger partial charge in [0.25, 0.3) is 0 Å². The Kier molecular flexibility index (Phi) is 7.85. The second-order valence-electron chi connectivity index (χ2n) is 7.56. The Labute approximate surface area is 175 Å². The van der Waals surface area contributed by atoms with Crippen molar-refractivity contribution < 1.29 is 13.2 Å². The molecule has 6 heteroatoms. The summed E-state index contributed by atoms with van der Waals surface area (Å²) in [5.41, 5.74) is 4.20. The monoisotopic (exact) mass is 416 g/mol. The Morgan fingerprint density at radius 3 is 2.28 bits per heavy atom. The van der Waals surface area contributed by atoms with Gasteiger partial charge in [0.2, 0.25) is 15.9 Å². The zero-order valence-corrected chi connectivity index (χ0v) is 18.8. The van der Waals surface area contributed by atoms with Crippen LogP contribution >= 0.6 is 0 Å². The van der Waals surface area contributed by atoms with Crippen molar-refractivity contribution in [2.75, 3.05) is 15.9 Å². The van der Waals surface area contributed by atoms with Crippen molar-refractivity contribution in [3.8, 4) is 0 Å². The summed E-state index contributed by atoms with van der Waals surface area (Å²) in [6.07, 6.45) is 4.78. The molecule has 0 aromatic heterocycles. The lowest BCUT2D eigenvalue weighted by molar-refractivity contribution is -0.117. The van der Waals surface area contributed by atoms with E-state index in [1.807, 2.05) is 63.2 Å². The predicted octanol–water partition coefficient (Wildman–Crippen LogP) is 4.83.